The van der Waals surface area contributed by atoms with Crippen LogP contribution in [-0.4, -0.2) is 37.0 Å². The molecular formula is C19H26N2O. The van der Waals surface area contributed by atoms with E-state index in [4.69, 9.17) is 0 Å². The zero-order chi connectivity index (χ0) is 15.3. The molecule has 1 aromatic rings. The number of piperidine rings is 1. The molecule has 1 saturated heterocycles. The first-order valence-corrected chi connectivity index (χ1v) is 8.77. The summed E-state index contributed by atoms with van der Waals surface area (Å²) < 4.78 is 0. The Morgan fingerprint density at radius 2 is 1.95 bits per heavy atom. The van der Waals surface area contributed by atoms with Crippen LogP contribution in [0.2, 0.25) is 0 Å². The first-order valence-electron chi connectivity index (χ1n) is 8.77. The summed E-state index contributed by atoms with van der Waals surface area (Å²) >= 11 is 0. The average Bonchev–Trinajstić information content (AvgIpc) is 3.13. The Morgan fingerprint density at radius 3 is 2.73 bits per heavy atom. The van der Waals surface area contributed by atoms with Crippen LogP contribution in [-0.2, 0) is 4.79 Å². The average molecular weight is 298 g/mol. The van der Waals surface area contributed by atoms with Crippen molar-refractivity contribution in [2.45, 2.75) is 51.0 Å². The number of amides is 1. The third kappa shape index (κ3) is 2.18. The fourth-order valence-corrected chi connectivity index (χ4v) is 4.74. The van der Waals surface area contributed by atoms with Crippen LogP contribution in [0.25, 0.3) is 0 Å². The highest BCUT2D eigenvalue weighted by molar-refractivity contribution is 5.98. The number of benzene rings is 1. The van der Waals surface area contributed by atoms with Crippen molar-refractivity contribution >= 4 is 11.6 Å². The van der Waals surface area contributed by atoms with Crippen LogP contribution in [0.5, 0.6) is 0 Å². The van der Waals surface area contributed by atoms with Crippen molar-refractivity contribution in [3.63, 3.8) is 0 Å². The maximum absolute atomic E-state index is 13.1. The number of hydrogen-bond donors (Lipinski definition) is 0. The summed E-state index contributed by atoms with van der Waals surface area (Å²) in [5, 5.41) is 0. The quantitative estimate of drug-likeness (QED) is 0.794. The number of carbonyl (C=O) groups excluding carboxylic acids is 1. The van der Waals surface area contributed by atoms with Gasteiger partial charge in [0.25, 0.3) is 0 Å². The molecule has 2 heterocycles. The Balaban J connectivity index is 1.73. The lowest BCUT2D eigenvalue weighted by Crippen LogP contribution is -2.48. The van der Waals surface area contributed by atoms with E-state index in [1.54, 1.807) is 0 Å². The van der Waals surface area contributed by atoms with E-state index in [0.29, 0.717) is 17.9 Å². The van der Waals surface area contributed by atoms with Crippen LogP contribution >= 0.6 is 0 Å². The number of carbonyl (C=O) groups is 1. The smallest absolute Gasteiger partial charge is 0.230 e. The molecule has 3 nitrogen and oxygen atoms in total. The van der Waals surface area contributed by atoms with E-state index in [0.717, 1.165) is 32.4 Å². The van der Waals surface area contributed by atoms with Crippen molar-refractivity contribution in [1.82, 2.24) is 4.90 Å². The number of likely N-dealkylation sites (tertiary alicyclic amines) is 1. The SMILES string of the molecule is Cc1ccc2c(c1)[C@@H]1CN(C)CC[C@H]1N2C(=O)C1CCCC1. The van der Waals surface area contributed by atoms with Gasteiger partial charge in [0.05, 0.1) is 0 Å². The summed E-state index contributed by atoms with van der Waals surface area (Å²) in [5.41, 5.74) is 3.91. The van der Waals surface area contributed by atoms with Gasteiger partial charge in [0.15, 0.2) is 0 Å². The summed E-state index contributed by atoms with van der Waals surface area (Å²) in [6.45, 7) is 4.33. The summed E-state index contributed by atoms with van der Waals surface area (Å²) in [5.74, 6) is 1.17. The van der Waals surface area contributed by atoms with Crippen LogP contribution in [0.3, 0.4) is 0 Å². The molecule has 0 aromatic heterocycles. The summed E-state index contributed by atoms with van der Waals surface area (Å²) in [6.07, 6.45) is 5.73. The van der Waals surface area contributed by atoms with Gasteiger partial charge in [-0.1, -0.05) is 30.5 Å². The Labute approximate surface area is 133 Å². The molecule has 1 amide bonds. The molecule has 0 bridgehead atoms. The molecule has 1 aromatic carbocycles. The van der Waals surface area contributed by atoms with Crippen LogP contribution in [0.1, 0.15) is 49.1 Å². The highest BCUT2D eigenvalue weighted by Crippen LogP contribution is 2.46. The van der Waals surface area contributed by atoms with Gasteiger partial charge in [-0.2, -0.15) is 0 Å². The second kappa shape index (κ2) is 5.38. The highest BCUT2D eigenvalue weighted by Gasteiger charge is 2.45. The Bertz CT molecular complexity index is 591. The first-order chi connectivity index (χ1) is 10.6. The molecule has 1 aliphatic carbocycles. The predicted octanol–water partition coefficient (Wildman–Crippen LogP) is 3.32. The molecule has 2 fully saturated rings. The largest absolute Gasteiger partial charge is 0.308 e. The molecule has 2 aliphatic heterocycles. The van der Waals surface area contributed by atoms with Crippen molar-refractivity contribution in [3.8, 4) is 0 Å². The number of likely N-dealkylation sites (N-methyl/N-ethyl adjacent to an activating group) is 1. The van der Waals surface area contributed by atoms with E-state index >= 15 is 0 Å². The van der Waals surface area contributed by atoms with Gasteiger partial charge in [-0.15, -0.1) is 0 Å². The minimum absolute atomic E-state index is 0.271. The van der Waals surface area contributed by atoms with E-state index in [1.807, 2.05) is 0 Å². The van der Waals surface area contributed by atoms with Crippen LogP contribution in [0.15, 0.2) is 18.2 Å². The number of anilines is 1. The van der Waals surface area contributed by atoms with Crippen LogP contribution in [0.4, 0.5) is 5.69 Å². The second-order valence-corrected chi connectivity index (χ2v) is 7.48. The molecule has 2 atom stereocenters. The number of nitrogens with zero attached hydrogens (tertiary/aromatic N) is 2. The standard InChI is InChI=1S/C19H26N2O/c1-13-7-8-17-15(11-13)16-12-20(2)10-9-18(16)21(17)19(22)14-5-3-4-6-14/h7-8,11,14,16,18H,3-6,9-10,12H2,1-2H3/t16-,18+/m0/s1. The molecule has 0 unspecified atom stereocenters. The summed E-state index contributed by atoms with van der Waals surface area (Å²) in [7, 11) is 2.20. The maximum atomic E-state index is 13.1. The molecule has 118 valence electrons. The third-order valence-corrected chi connectivity index (χ3v) is 5.89. The van der Waals surface area contributed by atoms with E-state index in [9.17, 15) is 4.79 Å². The monoisotopic (exact) mass is 298 g/mol. The number of aryl methyl sites for hydroxylation is 1. The third-order valence-electron chi connectivity index (χ3n) is 5.89. The number of hydrogen-bond acceptors (Lipinski definition) is 2. The van der Waals surface area contributed by atoms with Crippen molar-refractivity contribution in [2.75, 3.05) is 25.0 Å². The number of rotatable bonds is 1. The fourth-order valence-electron chi connectivity index (χ4n) is 4.74. The molecule has 0 radical (unpaired) electrons. The zero-order valence-corrected chi connectivity index (χ0v) is 13.7. The first kappa shape index (κ1) is 14.3. The van der Waals surface area contributed by atoms with Gasteiger partial charge in [-0.25, -0.2) is 0 Å². The highest BCUT2D eigenvalue weighted by atomic mass is 16.2. The zero-order valence-electron chi connectivity index (χ0n) is 13.7. The predicted molar refractivity (Wildman–Crippen MR) is 89.3 cm³/mol. The summed E-state index contributed by atoms with van der Waals surface area (Å²) in [6, 6.07) is 7.06. The van der Waals surface area contributed by atoms with Gasteiger partial charge in [-0.3, -0.25) is 4.79 Å². The molecule has 0 spiro atoms. The van der Waals surface area contributed by atoms with E-state index in [2.05, 4.69) is 42.0 Å². The van der Waals surface area contributed by atoms with Gasteiger partial charge in [0, 0.05) is 30.1 Å². The maximum Gasteiger partial charge on any atom is 0.230 e. The lowest BCUT2D eigenvalue weighted by atomic mass is 9.88. The van der Waals surface area contributed by atoms with Crippen molar-refractivity contribution in [3.05, 3.63) is 29.3 Å². The normalized spacial score (nSPS) is 28.7. The van der Waals surface area contributed by atoms with E-state index in [-0.39, 0.29) is 5.92 Å². The van der Waals surface area contributed by atoms with Crippen LogP contribution < -0.4 is 4.90 Å². The lowest BCUT2D eigenvalue weighted by molar-refractivity contribution is -0.122. The topological polar surface area (TPSA) is 23.6 Å². The molecule has 3 heteroatoms. The molecule has 22 heavy (non-hydrogen) atoms. The minimum atomic E-state index is 0.271. The minimum Gasteiger partial charge on any atom is -0.308 e. The molecule has 4 rings (SSSR count). The van der Waals surface area contributed by atoms with Crippen molar-refractivity contribution in [2.24, 2.45) is 5.92 Å². The van der Waals surface area contributed by atoms with Gasteiger partial charge in [-0.05, 0) is 51.4 Å². The van der Waals surface area contributed by atoms with Gasteiger partial charge >= 0.3 is 0 Å². The van der Waals surface area contributed by atoms with Gasteiger partial charge in [0.1, 0.15) is 0 Å². The van der Waals surface area contributed by atoms with Gasteiger partial charge in [0.2, 0.25) is 5.91 Å². The molecule has 0 N–H and O–H groups in total. The van der Waals surface area contributed by atoms with Gasteiger partial charge < -0.3 is 9.80 Å². The number of fused-ring (bicyclic) bond motifs is 3. The van der Waals surface area contributed by atoms with E-state index < -0.39 is 0 Å². The van der Waals surface area contributed by atoms with Crippen LogP contribution in [0, 0.1) is 12.8 Å². The Morgan fingerprint density at radius 1 is 1.18 bits per heavy atom. The van der Waals surface area contributed by atoms with Crippen molar-refractivity contribution < 1.29 is 4.79 Å². The summed E-state index contributed by atoms with van der Waals surface area (Å²) in [4.78, 5) is 17.8. The molecule has 1 saturated carbocycles. The lowest BCUT2D eigenvalue weighted by Gasteiger charge is -2.37. The molecular weight excluding hydrogens is 272 g/mol. The fraction of sp³-hybridized carbons (Fsp3) is 0.632. The Hall–Kier alpha value is -1.35. The van der Waals surface area contributed by atoms with Crippen molar-refractivity contribution in [1.29, 1.82) is 0 Å². The van der Waals surface area contributed by atoms with E-state index in [1.165, 1.54) is 29.7 Å². The second-order valence-electron chi connectivity index (χ2n) is 7.48. The molecule has 3 aliphatic rings. The Kier molecular flexibility index (Phi) is 3.48.